The summed E-state index contributed by atoms with van der Waals surface area (Å²) in [6.45, 7) is 7.35. The zero-order valence-corrected chi connectivity index (χ0v) is 25.8. The summed E-state index contributed by atoms with van der Waals surface area (Å²) in [5.74, 6) is 0.622. The van der Waals surface area contributed by atoms with Gasteiger partial charge in [0.1, 0.15) is 5.75 Å². The van der Waals surface area contributed by atoms with E-state index in [9.17, 15) is 9.90 Å². The average Bonchev–Trinajstić information content (AvgIpc) is 3.01. The fourth-order valence-corrected chi connectivity index (χ4v) is 8.10. The average molecular weight is 595 g/mol. The van der Waals surface area contributed by atoms with E-state index in [2.05, 4.69) is 42.8 Å². The van der Waals surface area contributed by atoms with Gasteiger partial charge < -0.3 is 20.6 Å². The van der Waals surface area contributed by atoms with Crippen LogP contribution in [0, 0.1) is 35.0 Å². The molecule has 1 saturated carbocycles. The third-order valence-electron chi connectivity index (χ3n) is 10.2. The molecule has 0 bridgehead atoms. The largest absolute Gasteiger partial charge is 0.508 e. The second kappa shape index (κ2) is 12.6. The number of nitrogens with one attached hydrogen (secondary N) is 2. The molecule has 4 aliphatic rings. The maximum Gasteiger partial charge on any atom is 0.246 e. The number of phenols is 1. The maximum absolute atomic E-state index is 15.2. The predicted molar refractivity (Wildman–Crippen MR) is 173 cm³/mol. The molecule has 0 radical (unpaired) electrons. The summed E-state index contributed by atoms with van der Waals surface area (Å²) in [6, 6.07) is 16.4. The topological polar surface area (TPSA) is 100 Å². The molecule has 2 aromatic rings. The molecule has 1 amide bonds. The highest BCUT2D eigenvalue weighted by Gasteiger charge is 2.62. The van der Waals surface area contributed by atoms with Crippen LogP contribution in [0.15, 0.2) is 89.7 Å². The van der Waals surface area contributed by atoms with Crippen LogP contribution in [-0.4, -0.2) is 41.8 Å². The molecule has 7 heteroatoms. The molecule has 2 heterocycles. The van der Waals surface area contributed by atoms with Crippen molar-refractivity contribution in [3.63, 3.8) is 0 Å². The summed E-state index contributed by atoms with van der Waals surface area (Å²) in [5.41, 5.74) is 5.24. The lowest BCUT2D eigenvalue weighted by Crippen LogP contribution is -2.65. The van der Waals surface area contributed by atoms with E-state index in [4.69, 9.17) is 9.84 Å². The molecular weight excluding hydrogens is 551 g/mol. The molecular formula is C37H43N3O4. The number of Topliss-reactive ketones (excluding diaryl/α,β-unsaturated/α-hetero) is 1. The number of ether oxygens (including phenoxy) is 1. The van der Waals surface area contributed by atoms with Crippen LogP contribution in [-0.2, 0) is 20.7 Å². The van der Waals surface area contributed by atoms with E-state index < -0.39 is 17.4 Å². The van der Waals surface area contributed by atoms with Gasteiger partial charge in [0.15, 0.2) is 11.2 Å². The lowest BCUT2D eigenvalue weighted by Gasteiger charge is -2.49. The lowest BCUT2D eigenvalue weighted by atomic mass is 9.57. The monoisotopic (exact) mass is 594 g/mol. The van der Waals surface area contributed by atoms with Gasteiger partial charge in [0.2, 0.25) is 5.91 Å². The van der Waals surface area contributed by atoms with E-state index in [1.165, 1.54) is 18.2 Å². The Morgan fingerprint density at radius 2 is 1.86 bits per heavy atom. The summed E-state index contributed by atoms with van der Waals surface area (Å²) in [4.78, 5) is 29.7. The minimum absolute atomic E-state index is 0.0781. The number of hydrogen-bond donors (Lipinski definition) is 3. The molecule has 3 N–H and O–H groups in total. The molecule has 6 rings (SSSR count). The molecule has 230 valence electrons. The van der Waals surface area contributed by atoms with Gasteiger partial charge in [-0.05, 0) is 73.6 Å². The second-order valence-corrected chi connectivity index (χ2v) is 12.9. The van der Waals surface area contributed by atoms with Crippen LogP contribution in [0.1, 0.15) is 51.2 Å². The Morgan fingerprint density at radius 1 is 1.09 bits per heavy atom. The smallest absolute Gasteiger partial charge is 0.246 e. The quantitative estimate of drug-likeness (QED) is 0.230. The van der Waals surface area contributed by atoms with Crippen LogP contribution in [0.2, 0.25) is 0 Å². The van der Waals surface area contributed by atoms with Crippen molar-refractivity contribution in [2.45, 2.75) is 52.6 Å². The summed E-state index contributed by atoms with van der Waals surface area (Å²) in [6.07, 6.45) is 11.2. The minimum Gasteiger partial charge on any atom is -0.508 e. The zero-order chi connectivity index (χ0) is 30.8. The van der Waals surface area contributed by atoms with Crippen LogP contribution >= 0.6 is 0 Å². The van der Waals surface area contributed by atoms with Gasteiger partial charge in [0.25, 0.3) is 0 Å². The second-order valence-electron chi connectivity index (χ2n) is 12.9. The fourth-order valence-electron chi connectivity index (χ4n) is 8.10. The third-order valence-corrected chi connectivity index (χ3v) is 10.2. The first-order valence-electron chi connectivity index (χ1n) is 16.0. The number of benzene rings is 2. The first-order chi connectivity index (χ1) is 21.3. The SMILES string of the molecule is C/C=C/[C@@H]1[C@H]2C[C@@H](C)CC[C@@H]2C(C)=C[C@H]1/C1=N/NCCO[13CH](Cc2ccccc2)C12C(=O)NC=C(c1ccc(O)cc1)C2=O. The Morgan fingerprint density at radius 3 is 2.61 bits per heavy atom. The molecule has 2 aromatic carbocycles. The number of allylic oxidation sites excluding steroid dienone is 5. The number of fused-ring (bicyclic) bond motifs is 1. The van der Waals surface area contributed by atoms with Crippen LogP contribution in [0.4, 0.5) is 0 Å². The number of carbonyl (C=O) groups excluding carboxylic acids is 2. The van der Waals surface area contributed by atoms with Crippen molar-refractivity contribution in [2.24, 2.45) is 40.1 Å². The van der Waals surface area contributed by atoms with Gasteiger partial charge in [0.05, 0.1) is 25.0 Å². The number of aromatic hydroxyl groups is 1. The van der Waals surface area contributed by atoms with Gasteiger partial charge >= 0.3 is 0 Å². The number of amides is 1. The van der Waals surface area contributed by atoms with Crippen molar-refractivity contribution in [3.8, 4) is 5.75 Å². The summed E-state index contributed by atoms with van der Waals surface area (Å²) in [5, 5.41) is 18.0. The van der Waals surface area contributed by atoms with Gasteiger partial charge in [-0.1, -0.05) is 79.6 Å². The Hall–Kier alpha value is -3.97. The molecule has 1 spiro atoms. The number of hydrogen-bond acceptors (Lipinski definition) is 6. The highest BCUT2D eigenvalue weighted by atomic mass is 16.6. The van der Waals surface area contributed by atoms with Gasteiger partial charge in [-0.15, -0.1) is 0 Å². The van der Waals surface area contributed by atoms with E-state index in [1.807, 2.05) is 37.3 Å². The van der Waals surface area contributed by atoms with Crippen molar-refractivity contribution < 1.29 is 19.4 Å². The summed E-state index contributed by atoms with van der Waals surface area (Å²) < 4.78 is 6.56. The first-order valence-corrected chi connectivity index (χ1v) is 16.0. The maximum atomic E-state index is 15.2. The molecule has 0 saturated heterocycles. The highest BCUT2D eigenvalue weighted by molar-refractivity contribution is 6.41. The van der Waals surface area contributed by atoms with Crippen molar-refractivity contribution >= 4 is 23.0 Å². The number of ketones is 1. The molecule has 44 heavy (non-hydrogen) atoms. The van der Waals surface area contributed by atoms with Crippen LogP contribution < -0.4 is 10.7 Å². The fraction of sp³-hybridized carbons (Fsp3) is 0.432. The van der Waals surface area contributed by atoms with E-state index in [-0.39, 0.29) is 23.4 Å². The van der Waals surface area contributed by atoms with E-state index >= 15 is 4.79 Å². The van der Waals surface area contributed by atoms with E-state index in [0.29, 0.717) is 54.2 Å². The Bertz CT molecular complexity index is 1510. The zero-order valence-electron chi connectivity index (χ0n) is 25.8. The predicted octanol–water partition coefficient (Wildman–Crippen LogP) is 5.83. The number of carbonyl (C=O) groups is 2. The van der Waals surface area contributed by atoms with Crippen molar-refractivity contribution in [3.05, 3.63) is 95.7 Å². The molecule has 2 aliphatic heterocycles. The number of nitrogens with zero attached hydrogens (tertiary/aromatic N) is 1. The molecule has 0 aromatic heterocycles. The molecule has 2 aliphatic carbocycles. The normalized spacial score (nSPS) is 33.7. The molecule has 1 fully saturated rings. The van der Waals surface area contributed by atoms with Gasteiger partial charge in [-0.3, -0.25) is 9.59 Å². The Balaban J connectivity index is 1.56. The van der Waals surface area contributed by atoms with Crippen LogP contribution in [0.5, 0.6) is 5.75 Å². The Labute approximate surface area is 260 Å². The molecule has 7 nitrogen and oxygen atoms in total. The number of rotatable bonds is 5. The summed E-state index contributed by atoms with van der Waals surface area (Å²) in [7, 11) is 0. The summed E-state index contributed by atoms with van der Waals surface area (Å²) >= 11 is 0. The van der Waals surface area contributed by atoms with Crippen LogP contribution in [0.25, 0.3) is 5.57 Å². The van der Waals surface area contributed by atoms with Crippen molar-refractivity contribution in [1.29, 1.82) is 0 Å². The van der Waals surface area contributed by atoms with Crippen LogP contribution in [0.3, 0.4) is 0 Å². The number of phenolic OH excluding ortho intramolecular Hbond substituents is 1. The molecule has 7 atom stereocenters. The lowest BCUT2D eigenvalue weighted by molar-refractivity contribution is -0.144. The van der Waals surface area contributed by atoms with E-state index in [0.717, 1.165) is 18.4 Å². The molecule has 2 unspecified atom stereocenters. The third kappa shape index (κ3) is 5.32. The number of hydrazone groups is 1. The highest BCUT2D eigenvalue weighted by Crippen LogP contribution is 2.52. The van der Waals surface area contributed by atoms with Gasteiger partial charge in [-0.25, -0.2) is 0 Å². The standard InChI is InChI=1S/C37H43N3O4/c1-4-8-29-30-19-23(2)11-16-28(30)24(3)20-31(29)34-37(33(44-18-17-39-40-34)21-25-9-6-5-7-10-25)35(42)32(22-38-36(37)43)26-12-14-27(41)15-13-26/h4-10,12-15,20,22-23,28-31,33,39,41H,11,16-19,21H2,1-3H3,(H,38,43)/b8-4+,40-34-/t23-,28+,29+,30-,31+,33?,37?/m0/s1/i33+1. The van der Waals surface area contributed by atoms with Gasteiger partial charge in [-0.2, -0.15) is 5.10 Å². The van der Waals surface area contributed by atoms with Crippen molar-refractivity contribution in [2.75, 3.05) is 13.2 Å². The Kier molecular flexibility index (Phi) is 8.59. The van der Waals surface area contributed by atoms with E-state index in [1.54, 1.807) is 24.3 Å². The first kappa shape index (κ1) is 30.1. The minimum atomic E-state index is -1.72. The van der Waals surface area contributed by atoms with Gasteiger partial charge in [0, 0.05) is 24.1 Å². The van der Waals surface area contributed by atoms with Crippen molar-refractivity contribution in [1.82, 2.24) is 10.7 Å².